The molecule has 0 fully saturated rings. The Morgan fingerprint density at radius 3 is 2.00 bits per heavy atom. The third kappa shape index (κ3) is 9.69. The molecule has 0 aliphatic heterocycles. The maximum absolute atomic E-state index is 11.4. The number of rotatable bonds is 4. The van der Waals surface area contributed by atoms with Crippen LogP contribution >= 0.6 is 17.1 Å². The van der Waals surface area contributed by atoms with Crippen LogP contribution < -0.4 is 4.89 Å². The minimum Gasteiger partial charge on any atom is -0.793 e. The van der Waals surface area contributed by atoms with Crippen molar-refractivity contribution in [3.05, 3.63) is 0 Å². The van der Waals surface area contributed by atoms with E-state index in [9.17, 15) is 4.89 Å². The van der Waals surface area contributed by atoms with Crippen LogP contribution in [0.4, 0.5) is 0 Å². The Morgan fingerprint density at radius 1 is 1.33 bits per heavy atom. The van der Waals surface area contributed by atoms with E-state index < -0.39 is 5.69 Å². The van der Waals surface area contributed by atoms with Crippen LogP contribution in [0.25, 0.3) is 0 Å². The summed E-state index contributed by atoms with van der Waals surface area (Å²) in [4.78, 5) is 11.4. The summed E-state index contributed by atoms with van der Waals surface area (Å²) in [7, 11) is 0. The van der Waals surface area contributed by atoms with Crippen LogP contribution in [0.3, 0.4) is 0 Å². The number of hydrogen-bond acceptors (Lipinski definition) is 4. The first-order valence-corrected chi connectivity index (χ1v) is 7.63. The van der Waals surface area contributed by atoms with E-state index in [1.165, 1.54) is 11.4 Å². The Kier molecular flexibility index (Phi) is 9.33. The molecule has 1 unspecified atom stereocenters. The summed E-state index contributed by atoms with van der Waals surface area (Å²) >= 11 is 6.03. The molecule has 0 saturated heterocycles. The Hall–Kier alpha value is 1.61. The first-order valence-electron chi connectivity index (χ1n) is 3.51. The van der Waals surface area contributed by atoms with Crippen molar-refractivity contribution >= 4 is 28.9 Å². The van der Waals surface area contributed by atoms with Crippen LogP contribution in [-0.2, 0) is 37.4 Å². The van der Waals surface area contributed by atoms with Gasteiger partial charge in [0.25, 0.3) is 0 Å². The second kappa shape index (κ2) is 6.97. The summed E-state index contributed by atoms with van der Waals surface area (Å²) < 4.78 is 5.08. The second-order valence-electron chi connectivity index (χ2n) is 2.76. The maximum Gasteiger partial charge on any atom is 0.0566 e. The van der Waals surface area contributed by atoms with E-state index in [1.807, 2.05) is 27.7 Å². The molecule has 0 amide bonds. The predicted molar refractivity (Wildman–Crippen MR) is 53.2 cm³/mol. The van der Waals surface area contributed by atoms with Gasteiger partial charge in [0.1, 0.15) is 0 Å². The van der Waals surface area contributed by atoms with Crippen LogP contribution in [0, 0.1) is 0 Å². The van der Waals surface area contributed by atoms with Gasteiger partial charge in [-0.05, 0) is 13.8 Å². The summed E-state index contributed by atoms with van der Waals surface area (Å²) in [6.07, 6.45) is -0.0513. The van der Waals surface area contributed by atoms with Crippen molar-refractivity contribution < 1.29 is 30.5 Å². The summed E-state index contributed by atoms with van der Waals surface area (Å²) in [5, 5.41) is 0.261. The van der Waals surface area contributed by atoms with Crippen LogP contribution in [0.5, 0.6) is 0 Å². The van der Waals surface area contributed by atoms with Crippen molar-refractivity contribution in [1.82, 2.24) is 0 Å². The molecule has 0 N–H and O–H groups in total. The van der Waals surface area contributed by atoms with Gasteiger partial charge >= 0.3 is 0 Å². The molecule has 1 atom stereocenters. The molecule has 74 valence electrons. The molecule has 0 aliphatic carbocycles. The zero-order chi connectivity index (χ0) is 9.07. The summed E-state index contributed by atoms with van der Waals surface area (Å²) in [6.45, 7) is 7.57. The molecular formula is C6H14MoO2PS2-. The summed E-state index contributed by atoms with van der Waals surface area (Å²) in [6, 6.07) is 0. The zero-order valence-corrected chi connectivity index (χ0v) is 12.2. The molecule has 0 heterocycles. The first kappa shape index (κ1) is 16.1. The summed E-state index contributed by atoms with van der Waals surface area (Å²) in [5.74, 6) is 0. The topological polar surface area (TPSA) is 32.3 Å². The molecule has 0 saturated carbocycles. The molecule has 0 bridgehead atoms. The molecule has 0 spiro atoms. The average Bonchev–Trinajstić information content (AvgIpc) is 1.53. The Labute approximate surface area is 98.0 Å². The van der Waals surface area contributed by atoms with Gasteiger partial charge in [0.2, 0.25) is 0 Å². The molecule has 2 nitrogen and oxygen atoms in total. The van der Waals surface area contributed by atoms with E-state index in [0.717, 1.165) is 0 Å². The maximum atomic E-state index is 11.4. The van der Waals surface area contributed by atoms with Crippen LogP contribution in [0.2, 0.25) is 0 Å². The molecule has 0 radical (unpaired) electrons. The van der Waals surface area contributed by atoms with Gasteiger partial charge in [-0.25, -0.2) is 0 Å². The third-order valence-electron chi connectivity index (χ3n) is 0.680. The van der Waals surface area contributed by atoms with Crippen LogP contribution in [-0.4, -0.2) is 11.4 Å². The van der Waals surface area contributed by atoms with Gasteiger partial charge in [-0.1, -0.05) is 25.7 Å². The van der Waals surface area contributed by atoms with Crippen LogP contribution in [0.15, 0.2) is 0 Å². The van der Waals surface area contributed by atoms with E-state index >= 15 is 0 Å². The van der Waals surface area contributed by atoms with E-state index in [2.05, 4.69) is 0 Å². The van der Waals surface area contributed by atoms with Crippen molar-refractivity contribution in [2.45, 2.75) is 39.0 Å². The Balaban J connectivity index is 0. The molecule has 0 aromatic rings. The van der Waals surface area contributed by atoms with Crippen molar-refractivity contribution in [3.63, 3.8) is 0 Å². The Morgan fingerprint density at radius 2 is 1.75 bits per heavy atom. The third-order valence-corrected chi connectivity index (χ3v) is 5.37. The molecule has 0 aromatic heterocycles. The standard InChI is InChI=1S/C6H15O2PS2.Mo/c1-5(2)8-9(7,10)11-6(3)4;/h5-6H,1-4H3,(H,7,10);/p-1. The van der Waals surface area contributed by atoms with Gasteiger partial charge in [-0.2, -0.15) is 0 Å². The normalized spacial score (nSPS) is 15.9. The SMILES string of the molecule is CC(C)OP([O-])(=S)SC(C)C.[Mo]. The summed E-state index contributed by atoms with van der Waals surface area (Å²) in [5.41, 5.74) is -2.80. The quantitative estimate of drug-likeness (QED) is 0.588. The van der Waals surface area contributed by atoms with Gasteiger partial charge in [-0.3, -0.25) is 0 Å². The predicted octanol–water partition coefficient (Wildman–Crippen LogP) is 2.14. The van der Waals surface area contributed by atoms with Gasteiger partial charge in [-0.15, -0.1) is 11.4 Å². The molecule has 12 heavy (non-hydrogen) atoms. The van der Waals surface area contributed by atoms with E-state index in [-0.39, 0.29) is 32.4 Å². The zero-order valence-electron chi connectivity index (χ0n) is 7.64. The fourth-order valence-electron chi connectivity index (χ4n) is 0.541. The minimum atomic E-state index is -2.80. The van der Waals surface area contributed by atoms with Crippen molar-refractivity contribution in [3.8, 4) is 0 Å². The fourth-order valence-corrected chi connectivity index (χ4v) is 5.90. The van der Waals surface area contributed by atoms with E-state index in [0.29, 0.717) is 0 Å². The minimum absolute atomic E-state index is 0. The molecule has 0 rings (SSSR count). The fraction of sp³-hybridized carbons (Fsp3) is 1.00. The van der Waals surface area contributed by atoms with Crippen LogP contribution in [0.1, 0.15) is 27.7 Å². The van der Waals surface area contributed by atoms with Gasteiger partial charge in [0.15, 0.2) is 0 Å². The van der Waals surface area contributed by atoms with Gasteiger partial charge < -0.3 is 9.42 Å². The molecular weight excluding hydrogens is 295 g/mol. The van der Waals surface area contributed by atoms with Gasteiger partial charge in [0.05, 0.1) is 6.10 Å². The van der Waals surface area contributed by atoms with E-state index in [1.54, 1.807) is 0 Å². The molecule has 6 heteroatoms. The molecule has 0 aliphatic rings. The number of hydrogen-bond donors (Lipinski definition) is 0. The Bertz CT molecular complexity index is 150. The van der Waals surface area contributed by atoms with Gasteiger partial charge in [0, 0.05) is 32.0 Å². The second-order valence-corrected chi connectivity index (χ2v) is 9.22. The first-order chi connectivity index (χ1) is 4.83. The van der Waals surface area contributed by atoms with Crippen molar-refractivity contribution in [2.75, 3.05) is 0 Å². The largest absolute Gasteiger partial charge is 0.793 e. The van der Waals surface area contributed by atoms with Crippen molar-refractivity contribution in [1.29, 1.82) is 0 Å². The monoisotopic (exact) mass is 311 g/mol. The smallest absolute Gasteiger partial charge is 0.0566 e. The average molecular weight is 309 g/mol. The van der Waals surface area contributed by atoms with Crippen molar-refractivity contribution in [2.24, 2.45) is 0 Å². The molecule has 0 aromatic carbocycles. The van der Waals surface area contributed by atoms with E-state index in [4.69, 9.17) is 16.3 Å².